The summed E-state index contributed by atoms with van der Waals surface area (Å²) in [5.41, 5.74) is -0.380. The van der Waals surface area contributed by atoms with Crippen molar-refractivity contribution in [3.05, 3.63) is 36.1 Å². The highest BCUT2D eigenvalue weighted by Gasteiger charge is 2.61. The first-order valence-corrected chi connectivity index (χ1v) is 8.53. The van der Waals surface area contributed by atoms with Crippen molar-refractivity contribution in [2.75, 3.05) is 0 Å². The van der Waals surface area contributed by atoms with Crippen LogP contribution in [-0.4, -0.2) is 17.7 Å². The van der Waals surface area contributed by atoms with Crippen LogP contribution < -0.4 is 0 Å². The molecule has 0 aromatic carbocycles. The van der Waals surface area contributed by atoms with Crippen molar-refractivity contribution in [1.82, 2.24) is 0 Å². The van der Waals surface area contributed by atoms with Gasteiger partial charge in [0.1, 0.15) is 0 Å². The molecule has 0 radical (unpaired) electrons. The molecule has 1 spiro atoms. The van der Waals surface area contributed by atoms with Crippen molar-refractivity contribution in [1.29, 1.82) is 0 Å². The van der Waals surface area contributed by atoms with Crippen LogP contribution >= 0.6 is 0 Å². The van der Waals surface area contributed by atoms with Crippen LogP contribution in [-0.2, 0) is 19.1 Å². The van der Waals surface area contributed by atoms with E-state index in [0.29, 0.717) is 6.42 Å². The number of rotatable bonds is 5. The highest BCUT2D eigenvalue weighted by atomic mass is 16.7. The molecule has 0 atom stereocenters. The number of allylic oxidation sites excluding steroid dienone is 4. The quantitative estimate of drug-likeness (QED) is 0.326. The molecule has 1 heterocycles. The van der Waals surface area contributed by atoms with Gasteiger partial charge in [0, 0.05) is 13.8 Å². The molecule has 0 N–H and O–H groups in total. The van der Waals surface area contributed by atoms with Crippen LogP contribution in [0.25, 0.3) is 0 Å². The normalized spacial score (nSPS) is 22.6. The fourth-order valence-corrected chi connectivity index (χ4v) is 3.30. The second kappa shape index (κ2) is 6.23. The minimum atomic E-state index is -1.30. The van der Waals surface area contributed by atoms with Crippen molar-refractivity contribution >= 4 is 11.9 Å². The number of esters is 2. The highest BCUT2D eigenvalue weighted by molar-refractivity contribution is 6.06. The topological polar surface area (TPSA) is 52.6 Å². The van der Waals surface area contributed by atoms with Crippen LogP contribution in [0.5, 0.6) is 0 Å². The summed E-state index contributed by atoms with van der Waals surface area (Å²) in [6.07, 6.45) is 10.6. The van der Waals surface area contributed by atoms with Crippen LogP contribution in [0.3, 0.4) is 0 Å². The smallest absolute Gasteiger partial charge is 0.331 e. The maximum absolute atomic E-state index is 12.6. The van der Waals surface area contributed by atoms with E-state index in [4.69, 9.17) is 9.47 Å². The van der Waals surface area contributed by atoms with Crippen LogP contribution in [0.1, 0.15) is 60.8 Å². The fraction of sp³-hybridized carbons (Fsp3) is 0.600. The van der Waals surface area contributed by atoms with Gasteiger partial charge >= 0.3 is 11.9 Å². The first-order chi connectivity index (χ1) is 11.0. The summed E-state index contributed by atoms with van der Waals surface area (Å²) in [6, 6.07) is 0. The van der Waals surface area contributed by atoms with Gasteiger partial charge in [0.05, 0.1) is 0 Å². The van der Waals surface area contributed by atoms with Crippen LogP contribution in [0.4, 0.5) is 0 Å². The van der Waals surface area contributed by atoms with E-state index in [-0.39, 0.29) is 5.41 Å². The maximum atomic E-state index is 12.6. The van der Waals surface area contributed by atoms with E-state index in [2.05, 4.69) is 26.3 Å². The van der Waals surface area contributed by atoms with E-state index in [1.54, 1.807) is 13.8 Å². The minimum absolute atomic E-state index is 0.0279. The average Bonchev–Trinajstić information content (AvgIpc) is 2.74. The van der Waals surface area contributed by atoms with E-state index < -0.39 is 23.1 Å². The van der Waals surface area contributed by atoms with E-state index in [1.807, 2.05) is 26.0 Å². The Bertz CT molecular complexity index is 560. The molecule has 0 bridgehead atoms. The van der Waals surface area contributed by atoms with Crippen LogP contribution in [0.15, 0.2) is 23.8 Å². The number of ether oxygens (including phenoxy) is 2. The monoisotopic (exact) mass is 332 g/mol. The van der Waals surface area contributed by atoms with E-state index in [9.17, 15) is 9.59 Å². The van der Waals surface area contributed by atoms with E-state index in [1.165, 1.54) is 0 Å². The molecule has 1 saturated heterocycles. The SMILES string of the molecule is C/C=C/CCC(C)(C)[CH-]C1=CCC2(C(=O)OC(C)(C)OC2=O)[C+]1C. The molecule has 2 aliphatic rings. The van der Waals surface area contributed by atoms with Crippen molar-refractivity contribution in [3.63, 3.8) is 0 Å². The lowest BCUT2D eigenvalue weighted by molar-refractivity contribution is -0.248. The summed E-state index contributed by atoms with van der Waals surface area (Å²) in [7, 11) is 0. The van der Waals surface area contributed by atoms with Crippen molar-refractivity contribution in [2.45, 2.75) is 66.6 Å². The number of carbonyl (C=O) groups excluding carboxylic acids is 2. The van der Waals surface area contributed by atoms with Gasteiger partial charge in [0.25, 0.3) is 5.79 Å². The van der Waals surface area contributed by atoms with Gasteiger partial charge in [0.15, 0.2) is 5.41 Å². The Hall–Kier alpha value is -1.84. The Labute approximate surface area is 145 Å². The lowest BCUT2D eigenvalue weighted by Gasteiger charge is -2.41. The molecule has 2 rings (SSSR count). The predicted molar refractivity (Wildman–Crippen MR) is 92.4 cm³/mol. The number of hydrogen-bond donors (Lipinski definition) is 0. The second-order valence-corrected chi connectivity index (χ2v) is 7.81. The lowest BCUT2D eigenvalue weighted by Crippen LogP contribution is -2.55. The Morgan fingerprint density at radius 2 is 1.88 bits per heavy atom. The van der Waals surface area contributed by atoms with Gasteiger partial charge in [-0.2, -0.15) is 0 Å². The molecule has 1 fully saturated rings. The highest BCUT2D eigenvalue weighted by Crippen LogP contribution is 2.52. The van der Waals surface area contributed by atoms with Gasteiger partial charge < -0.3 is 9.47 Å². The molecular formula is C20H28O4. The Balaban J connectivity index is 2.13. The lowest BCUT2D eigenvalue weighted by atomic mass is 9.72. The third kappa shape index (κ3) is 3.33. The zero-order chi connectivity index (χ0) is 18.2. The third-order valence-corrected chi connectivity index (χ3v) is 4.81. The van der Waals surface area contributed by atoms with Gasteiger partial charge in [-0.25, -0.2) is 0 Å². The molecule has 0 aromatic rings. The minimum Gasteiger partial charge on any atom is -0.422 e. The Morgan fingerprint density at radius 1 is 1.29 bits per heavy atom. The standard InChI is InChI=1S/C20H28O4/c1-7-8-9-11-18(3,4)13-15-10-12-20(14(15)2)16(21)23-19(5,6)24-17(20)22/h7-8,10,13H,9,11-12H2,1-6H3/b8-7+. The number of carbonyl (C=O) groups is 2. The van der Waals surface area contributed by atoms with Crippen LogP contribution in [0, 0.1) is 23.2 Å². The molecule has 0 unspecified atom stereocenters. The zero-order valence-corrected chi connectivity index (χ0v) is 15.6. The summed E-state index contributed by atoms with van der Waals surface area (Å²) in [6.45, 7) is 11.3. The molecule has 1 aliphatic heterocycles. The maximum Gasteiger partial charge on any atom is 0.331 e. The summed E-state index contributed by atoms with van der Waals surface area (Å²) in [5, 5.41) is 0. The average molecular weight is 332 g/mol. The van der Waals surface area contributed by atoms with Crippen molar-refractivity contribution in [2.24, 2.45) is 10.8 Å². The van der Waals surface area contributed by atoms with Gasteiger partial charge in [0.2, 0.25) is 0 Å². The summed E-state index contributed by atoms with van der Waals surface area (Å²) in [4.78, 5) is 25.2. The van der Waals surface area contributed by atoms with Gasteiger partial charge in [-0.1, -0.05) is 38.5 Å². The first-order valence-electron chi connectivity index (χ1n) is 8.53. The molecule has 4 nitrogen and oxygen atoms in total. The molecule has 4 heteroatoms. The molecule has 0 saturated carbocycles. The Kier molecular flexibility index (Phi) is 4.80. The Morgan fingerprint density at radius 3 is 2.42 bits per heavy atom. The summed E-state index contributed by atoms with van der Waals surface area (Å²) >= 11 is 0. The van der Waals surface area contributed by atoms with Crippen LogP contribution in [0.2, 0.25) is 0 Å². The second-order valence-electron chi connectivity index (χ2n) is 7.81. The summed E-state index contributed by atoms with van der Waals surface area (Å²) < 4.78 is 10.7. The number of cyclic esters (lactones) is 2. The number of hydrogen-bond acceptors (Lipinski definition) is 4. The summed E-state index contributed by atoms with van der Waals surface area (Å²) in [5.74, 6) is -1.48. The van der Waals surface area contributed by atoms with Crippen molar-refractivity contribution in [3.8, 4) is 0 Å². The predicted octanol–water partition coefficient (Wildman–Crippen LogP) is 4.32. The molecule has 132 valence electrons. The third-order valence-electron chi connectivity index (χ3n) is 4.81. The first kappa shape index (κ1) is 18.5. The van der Waals surface area contributed by atoms with E-state index in [0.717, 1.165) is 24.3 Å². The molecule has 1 aliphatic carbocycles. The fourth-order valence-electron chi connectivity index (χ4n) is 3.30. The molecule has 24 heavy (non-hydrogen) atoms. The molecule has 0 amide bonds. The van der Waals surface area contributed by atoms with E-state index >= 15 is 0 Å². The van der Waals surface area contributed by atoms with Gasteiger partial charge in [-0.05, 0) is 50.0 Å². The zero-order valence-electron chi connectivity index (χ0n) is 15.6. The van der Waals surface area contributed by atoms with Gasteiger partial charge in [-0.15, -0.1) is 0 Å². The molecule has 0 aromatic heterocycles. The molecular weight excluding hydrogens is 304 g/mol. The van der Waals surface area contributed by atoms with Crippen molar-refractivity contribution < 1.29 is 19.1 Å². The largest absolute Gasteiger partial charge is 0.422 e. The van der Waals surface area contributed by atoms with Gasteiger partial charge in [-0.3, -0.25) is 9.59 Å².